The predicted octanol–water partition coefficient (Wildman–Crippen LogP) is 5.47. The normalized spacial score (nSPS) is 10.7. The summed E-state index contributed by atoms with van der Waals surface area (Å²) in [5.74, 6) is -0.482. The fourth-order valence-corrected chi connectivity index (χ4v) is 2.71. The van der Waals surface area contributed by atoms with Gasteiger partial charge < -0.3 is 4.74 Å². The van der Waals surface area contributed by atoms with Crippen LogP contribution in [0.4, 0.5) is 5.69 Å². The number of carbonyl (C=O) groups is 2. The van der Waals surface area contributed by atoms with Gasteiger partial charge in [0, 0.05) is 22.2 Å². The van der Waals surface area contributed by atoms with Crippen LogP contribution in [0.1, 0.15) is 26.3 Å². The lowest BCUT2D eigenvalue weighted by Crippen LogP contribution is -2.08. The van der Waals surface area contributed by atoms with Gasteiger partial charge in [0.05, 0.1) is 10.5 Å². The topological polar surface area (TPSA) is 86.5 Å². The molecule has 0 atom stereocenters. The van der Waals surface area contributed by atoms with Gasteiger partial charge in [0.15, 0.2) is 5.78 Å². The minimum atomic E-state index is -0.632. The van der Waals surface area contributed by atoms with E-state index >= 15 is 0 Å². The van der Waals surface area contributed by atoms with Crippen molar-refractivity contribution in [3.05, 3.63) is 110 Å². The zero-order valence-corrected chi connectivity index (χ0v) is 16.5. The van der Waals surface area contributed by atoms with E-state index in [1.54, 1.807) is 54.6 Å². The van der Waals surface area contributed by atoms with Crippen molar-refractivity contribution in [2.24, 2.45) is 0 Å². The Morgan fingerprint density at radius 3 is 2.24 bits per heavy atom. The number of nitro groups is 1. The molecule has 0 unspecified atom stereocenters. The van der Waals surface area contributed by atoms with Gasteiger partial charge in [0.1, 0.15) is 5.75 Å². The average Bonchev–Trinajstić information content (AvgIpc) is 2.73. The molecule has 0 spiro atoms. The monoisotopic (exact) mass is 451 g/mol. The third kappa shape index (κ3) is 5.46. The highest BCUT2D eigenvalue weighted by Crippen LogP contribution is 2.18. The van der Waals surface area contributed by atoms with Crippen LogP contribution in [0.5, 0.6) is 5.75 Å². The lowest BCUT2D eigenvalue weighted by atomic mass is 10.1. The molecule has 0 aliphatic carbocycles. The van der Waals surface area contributed by atoms with Crippen molar-refractivity contribution in [3.63, 3.8) is 0 Å². The first-order valence-electron chi connectivity index (χ1n) is 8.47. The van der Waals surface area contributed by atoms with Gasteiger partial charge in [0.2, 0.25) is 0 Å². The smallest absolute Gasteiger partial charge is 0.343 e. The number of hydrogen-bond acceptors (Lipinski definition) is 5. The van der Waals surface area contributed by atoms with E-state index < -0.39 is 10.9 Å². The molecular weight excluding hydrogens is 438 g/mol. The Bertz CT molecular complexity index is 1090. The molecule has 0 fully saturated rings. The molecule has 7 heteroatoms. The van der Waals surface area contributed by atoms with Crippen molar-refractivity contribution in [2.75, 3.05) is 0 Å². The molecule has 3 rings (SSSR count). The van der Waals surface area contributed by atoms with E-state index in [2.05, 4.69) is 15.9 Å². The first kappa shape index (κ1) is 20.2. The van der Waals surface area contributed by atoms with Gasteiger partial charge in [-0.1, -0.05) is 34.1 Å². The number of nitro benzene ring substituents is 1. The number of ether oxygens (including phenoxy) is 1. The van der Waals surface area contributed by atoms with Crippen LogP contribution in [0.25, 0.3) is 6.08 Å². The number of halogens is 1. The number of non-ortho nitro benzene ring substituents is 1. The molecule has 0 aromatic heterocycles. The third-order valence-corrected chi connectivity index (χ3v) is 4.47. The summed E-state index contributed by atoms with van der Waals surface area (Å²) in [6.07, 6.45) is 3.08. The van der Waals surface area contributed by atoms with Crippen LogP contribution in [-0.2, 0) is 0 Å². The highest BCUT2D eigenvalue weighted by molar-refractivity contribution is 9.10. The number of rotatable bonds is 6. The zero-order valence-electron chi connectivity index (χ0n) is 14.9. The molecule has 6 nitrogen and oxygen atoms in total. The number of allylic oxidation sites excluding steroid dienone is 1. The van der Waals surface area contributed by atoms with Crippen LogP contribution >= 0.6 is 15.9 Å². The number of carbonyl (C=O) groups excluding carboxylic acids is 2. The minimum Gasteiger partial charge on any atom is -0.423 e. The van der Waals surface area contributed by atoms with Gasteiger partial charge in [-0.05, 0) is 60.2 Å². The minimum absolute atomic E-state index is 0.107. The summed E-state index contributed by atoms with van der Waals surface area (Å²) in [4.78, 5) is 34.6. The van der Waals surface area contributed by atoms with Crippen molar-refractivity contribution in [1.29, 1.82) is 0 Å². The van der Waals surface area contributed by atoms with E-state index in [4.69, 9.17) is 4.74 Å². The molecule has 3 aromatic rings. The number of nitrogens with zero attached hydrogens (tertiary/aromatic N) is 1. The maximum atomic E-state index is 12.2. The molecule has 0 heterocycles. The maximum Gasteiger partial charge on any atom is 0.343 e. The van der Waals surface area contributed by atoms with Gasteiger partial charge in [-0.3, -0.25) is 14.9 Å². The summed E-state index contributed by atoms with van der Waals surface area (Å²) in [5.41, 5.74) is 1.33. The second-order valence-corrected chi connectivity index (χ2v) is 6.89. The lowest BCUT2D eigenvalue weighted by Gasteiger charge is -2.05. The van der Waals surface area contributed by atoms with Crippen LogP contribution < -0.4 is 4.74 Å². The standard InChI is InChI=1S/C22H14BrNO5/c23-18-9-5-16(6-10-18)21(25)13-4-15-2-1-3-20(14-15)29-22(26)17-7-11-19(12-8-17)24(27)28/h1-14H/b13-4+. The molecule has 0 saturated heterocycles. The molecule has 0 aliphatic heterocycles. The summed E-state index contributed by atoms with van der Waals surface area (Å²) < 4.78 is 6.20. The van der Waals surface area contributed by atoms with Crippen molar-refractivity contribution in [2.45, 2.75) is 0 Å². The first-order chi connectivity index (χ1) is 13.9. The molecule has 144 valence electrons. The van der Waals surface area contributed by atoms with Crippen molar-refractivity contribution < 1.29 is 19.2 Å². The molecule has 0 N–H and O–H groups in total. The highest BCUT2D eigenvalue weighted by atomic mass is 79.9. The van der Waals surface area contributed by atoms with E-state index in [1.807, 2.05) is 0 Å². The Morgan fingerprint density at radius 1 is 0.931 bits per heavy atom. The highest BCUT2D eigenvalue weighted by Gasteiger charge is 2.11. The van der Waals surface area contributed by atoms with Gasteiger partial charge in [-0.2, -0.15) is 0 Å². The summed E-state index contributed by atoms with van der Waals surface area (Å²) in [6, 6.07) is 18.9. The molecule has 3 aromatic carbocycles. The Balaban J connectivity index is 1.68. The van der Waals surface area contributed by atoms with Gasteiger partial charge in [-0.15, -0.1) is 0 Å². The van der Waals surface area contributed by atoms with E-state index in [9.17, 15) is 19.7 Å². The number of hydrogen-bond donors (Lipinski definition) is 0. The SMILES string of the molecule is O=C(/C=C/c1cccc(OC(=O)c2ccc([N+](=O)[O-])cc2)c1)c1ccc(Br)cc1. The fraction of sp³-hybridized carbons (Fsp3) is 0. The largest absolute Gasteiger partial charge is 0.423 e. The third-order valence-electron chi connectivity index (χ3n) is 3.94. The summed E-state index contributed by atoms with van der Waals surface area (Å²) in [5, 5.41) is 10.7. The fourth-order valence-electron chi connectivity index (χ4n) is 2.45. The lowest BCUT2D eigenvalue weighted by molar-refractivity contribution is -0.384. The molecule has 0 amide bonds. The van der Waals surface area contributed by atoms with Crippen LogP contribution in [0.3, 0.4) is 0 Å². The summed E-state index contributed by atoms with van der Waals surface area (Å²) in [7, 11) is 0. The number of esters is 1. The quantitative estimate of drug-likeness (QED) is 0.124. The van der Waals surface area contributed by atoms with Gasteiger partial charge in [0.25, 0.3) is 5.69 Å². The second-order valence-electron chi connectivity index (χ2n) is 5.97. The Kier molecular flexibility index (Phi) is 6.31. The van der Waals surface area contributed by atoms with E-state index in [0.29, 0.717) is 16.9 Å². The van der Waals surface area contributed by atoms with Crippen LogP contribution in [0, 0.1) is 10.1 Å². The number of benzene rings is 3. The molecule has 0 radical (unpaired) electrons. The molecule has 0 saturated carbocycles. The second kappa shape index (κ2) is 9.07. The summed E-state index contributed by atoms with van der Waals surface area (Å²) in [6.45, 7) is 0. The van der Waals surface area contributed by atoms with Gasteiger partial charge in [-0.25, -0.2) is 4.79 Å². The number of ketones is 1. The zero-order chi connectivity index (χ0) is 20.8. The van der Waals surface area contributed by atoms with Crippen LogP contribution in [0.2, 0.25) is 0 Å². The van der Waals surface area contributed by atoms with E-state index in [0.717, 1.165) is 4.47 Å². The Hall–Kier alpha value is -3.58. The molecule has 0 bridgehead atoms. The van der Waals surface area contributed by atoms with E-state index in [-0.39, 0.29) is 17.0 Å². The van der Waals surface area contributed by atoms with Crippen LogP contribution in [0.15, 0.2) is 83.3 Å². The Morgan fingerprint density at radius 2 is 1.59 bits per heavy atom. The first-order valence-corrected chi connectivity index (χ1v) is 9.26. The predicted molar refractivity (Wildman–Crippen MR) is 112 cm³/mol. The van der Waals surface area contributed by atoms with Crippen LogP contribution in [-0.4, -0.2) is 16.7 Å². The molecular formula is C22H14BrNO5. The van der Waals surface area contributed by atoms with Crippen molar-refractivity contribution in [1.82, 2.24) is 0 Å². The molecule has 29 heavy (non-hydrogen) atoms. The van der Waals surface area contributed by atoms with Crippen molar-refractivity contribution >= 4 is 39.4 Å². The van der Waals surface area contributed by atoms with E-state index in [1.165, 1.54) is 30.3 Å². The van der Waals surface area contributed by atoms with Crippen molar-refractivity contribution in [3.8, 4) is 5.75 Å². The molecule has 0 aliphatic rings. The average molecular weight is 452 g/mol. The van der Waals surface area contributed by atoms with Gasteiger partial charge >= 0.3 is 5.97 Å². The Labute approximate surface area is 174 Å². The summed E-state index contributed by atoms with van der Waals surface area (Å²) >= 11 is 3.32. The maximum absolute atomic E-state index is 12.2.